The summed E-state index contributed by atoms with van der Waals surface area (Å²) in [6.07, 6.45) is 0.555. The van der Waals surface area contributed by atoms with Crippen molar-refractivity contribution in [1.82, 2.24) is 0 Å². The molecule has 0 aliphatic carbocycles. The quantitative estimate of drug-likeness (QED) is 0.745. The molecule has 0 heterocycles. The molecule has 14 heavy (non-hydrogen) atoms. The van der Waals surface area contributed by atoms with Gasteiger partial charge in [0.05, 0.1) is 12.0 Å². The van der Waals surface area contributed by atoms with Gasteiger partial charge in [0.2, 0.25) is 0 Å². The number of hydrogen-bond donors (Lipinski definition) is 1. The number of ether oxygens (including phenoxy) is 1. The maximum atomic E-state index is 11.1. The maximum absolute atomic E-state index is 11.1. The molecule has 0 bridgehead atoms. The molecule has 0 fully saturated rings. The Labute approximate surface area is 86.5 Å². The van der Waals surface area contributed by atoms with E-state index in [0.29, 0.717) is 6.61 Å². The lowest BCUT2D eigenvalue weighted by molar-refractivity contribution is -0.153. The first kappa shape index (κ1) is 13.4. The lowest BCUT2D eigenvalue weighted by Gasteiger charge is -2.33. The van der Waals surface area contributed by atoms with Crippen LogP contribution < -0.4 is 0 Å². The van der Waals surface area contributed by atoms with Crippen molar-refractivity contribution < 1.29 is 14.6 Å². The molecule has 2 unspecified atom stereocenters. The van der Waals surface area contributed by atoms with E-state index in [0.717, 1.165) is 6.42 Å². The third-order valence-corrected chi connectivity index (χ3v) is 2.35. The summed E-state index contributed by atoms with van der Waals surface area (Å²) in [6.45, 7) is 10.2. The summed E-state index contributed by atoms with van der Waals surface area (Å²) in [4.78, 5) is 11.1. The fraction of sp³-hybridized carbons (Fsp3) is 0.909. The molecule has 0 aromatic carbocycles. The van der Waals surface area contributed by atoms with Crippen LogP contribution in [0, 0.1) is 11.3 Å². The molecule has 0 aromatic rings. The fourth-order valence-electron chi connectivity index (χ4n) is 1.75. The highest BCUT2D eigenvalue weighted by atomic mass is 16.5. The van der Waals surface area contributed by atoms with Crippen LogP contribution in [0.25, 0.3) is 0 Å². The molecular formula is C11H22O3. The molecule has 84 valence electrons. The molecule has 3 nitrogen and oxygen atoms in total. The Bertz CT molecular complexity index is 181. The van der Waals surface area contributed by atoms with Gasteiger partial charge in [0.25, 0.3) is 0 Å². The van der Waals surface area contributed by atoms with E-state index in [1.54, 1.807) is 0 Å². The van der Waals surface area contributed by atoms with Gasteiger partial charge < -0.3 is 9.84 Å². The minimum atomic E-state index is -0.766. The molecule has 0 saturated heterocycles. The van der Waals surface area contributed by atoms with Gasteiger partial charge in [0.1, 0.15) is 0 Å². The van der Waals surface area contributed by atoms with Crippen molar-refractivity contribution >= 4 is 5.97 Å². The monoisotopic (exact) mass is 202 g/mol. The second-order valence-corrected chi connectivity index (χ2v) is 4.58. The normalized spacial score (nSPS) is 16.4. The van der Waals surface area contributed by atoms with E-state index in [9.17, 15) is 4.79 Å². The zero-order valence-electron chi connectivity index (χ0n) is 9.83. The van der Waals surface area contributed by atoms with E-state index >= 15 is 0 Å². The molecule has 0 saturated carbocycles. The van der Waals surface area contributed by atoms with Crippen molar-refractivity contribution in [2.24, 2.45) is 11.3 Å². The maximum Gasteiger partial charge on any atom is 0.309 e. The van der Waals surface area contributed by atoms with E-state index in [1.807, 2.05) is 34.6 Å². The second-order valence-electron chi connectivity index (χ2n) is 4.58. The summed E-state index contributed by atoms with van der Waals surface area (Å²) in [5, 5.41) is 9.16. The molecule has 0 aliphatic rings. The number of carboxylic acid groups (broad SMARTS) is 1. The average Bonchev–Trinajstić information content (AvgIpc) is 2.00. The van der Waals surface area contributed by atoms with Crippen molar-refractivity contribution in [2.45, 2.75) is 47.1 Å². The molecule has 0 spiro atoms. The summed E-state index contributed by atoms with van der Waals surface area (Å²) in [6, 6.07) is 0. The highest BCUT2D eigenvalue weighted by Gasteiger charge is 2.37. The third-order valence-electron chi connectivity index (χ3n) is 2.35. The van der Waals surface area contributed by atoms with Gasteiger partial charge in [0.15, 0.2) is 0 Å². The number of carboxylic acids is 1. The highest BCUT2D eigenvalue weighted by Crippen LogP contribution is 2.31. The van der Waals surface area contributed by atoms with Crippen LogP contribution in [0.15, 0.2) is 0 Å². The van der Waals surface area contributed by atoms with Crippen molar-refractivity contribution in [1.29, 1.82) is 0 Å². The first-order valence-electron chi connectivity index (χ1n) is 5.19. The summed E-state index contributed by atoms with van der Waals surface area (Å²) >= 11 is 0. The fourth-order valence-corrected chi connectivity index (χ4v) is 1.75. The molecule has 0 aromatic heterocycles. The molecule has 0 rings (SSSR count). The van der Waals surface area contributed by atoms with Crippen LogP contribution in [-0.2, 0) is 9.53 Å². The molecule has 0 radical (unpaired) electrons. The van der Waals surface area contributed by atoms with Crippen molar-refractivity contribution in [3.63, 3.8) is 0 Å². The molecule has 1 N–H and O–H groups in total. The van der Waals surface area contributed by atoms with Gasteiger partial charge in [-0.05, 0) is 18.8 Å². The SMILES string of the molecule is CCOC(CC)C(C(=O)O)C(C)(C)C. The predicted octanol–water partition coefficient (Wildman–Crippen LogP) is 2.55. The first-order valence-corrected chi connectivity index (χ1v) is 5.19. The smallest absolute Gasteiger partial charge is 0.309 e. The summed E-state index contributed by atoms with van der Waals surface area (Å²) < 4.78 is 5.46. The van der Waals surface area contributed by atoms with Gasteiger partial charge in [-0.2, -0.15) is 0 Å². The van der Waals surface area contributed by atoms with Gasteiger partial charge in [-0.15, -0.1) is 0 Å². The van der Waals surface area contributed by atoms with Crippen molar-refractivity contribution in [3.8, 4) is 0 Å². The molecule has 3 heteroatoms. The Balaban J connectivity index is 4.70. The van der Waals surface area contributed by atoms with Gasteiger partial charge >= 0.3 is 5.97 Å². The Morgan fingerprint density at radius 1 is 1.36 bits per heavy atom. The van der Waals surface area contributed by atoms with Crippen LogP contribution >= 0.6 is 0 Å². The van der Waals surface area contributed by atoms with E-state index in [-0.39, 0.29) is 11.5 Å². The van der Waals surface area contributed by atoms with Gasteiger partial charge in [-0.1, -0.05) is 27.7 Å². The minimum Gasteiger partial charge on any atom is -0.481 e. The van der Waals surface area contributed by atoms with Crippen LogP contribution in [-0.4, -0.2) is 23.8 Å². The van der Waals surface area contributed by atoms with Gasteiger partial charge in [-0.25, -0.2) is 0 Å². The van der Waals surface area contributed by atoms with Crippen LogP contribution in [0.5, 0.6) is 0 Å². The Hall–Kier alpha value is -0.570. The summed E-state index contributed by atoms with van der Waals surface area (Å²) in [7, 11) is 0. The Kier molecular flexibility index (Phi) is 5.13. The van der Waals surface area contributed by atoms with E-state index in [4.69, 9.17) is 9.84 Å². The van der Waals surface area contributed by atoms with Crippen LogP contribution in [0.1, 0.15) is 41.0 Å². The second kappa shape index (κ2) is 5.35. The van der Waals surface area contributed by atoms with Crippen molar-refractivity contribution in [2.75, 3.05) is 6.61 Å². The van der Waals surface area contributed by atoms with E-state index in [2.05, 4.69) is 0 Å². The first-order chi connectivity index (χ1) is 6.34. The summed E-state index contributed by atoms with van der Waals surface area (Å²) in [5.74, 6) is -1.20. The number of carbonyl (C=O) groups is 1. The molecule has 0 amide bonds. The van der Waals surface area contributed by atoms with Crippen LogP contribution in [0.3, 0.4) is 0 Å². The predicted molar refractivity (Wildman–Crippen MR) is 56.3 cm³/mol. The number of rotatable bonds is 5. The lowest BCUT2D eigenvalue weighted by atomic mass is 9.76. The Morgan fingerprint density at radius 2 is 1.86 bits per heavy atom. The highest BCUT2D eigenvalue weighted by molar-refractivity contribution is 5.71. The minimum absolute atomic E-state index is 0.183. The topological polar surface area (TPSA) is 46.5 Å². The average molecular weight is 202 g/mol. The third kappa shape index (κ3) is 3.66. The van der Waals surface area contributed by atoms with Gasteiger partial charge in [-0.3, -0.25) is 4.79 Å². The van der Waals surface area contributed by atoms with Crippen LogP contribution in [0.2, 0.25) is 0 Å². The number of hydrogen-bond acceptors (Lipinski definition) is 2. The van der Waals surface area contributed by atoms with Gasteiger partial charge in [0, 0.05) is 6.61 Å². The largest absolute Gasteiger partial charge is 0.481 e. The van der Waals surface area contributed by atoms with Crippen molar-refractivity contribution in [3.05, 3.63) is 0 Å². The molecular weight excluding hydrogens is 180 g/mol. The molecule has 2 atom stereocenters. The zero-order valence-corrected chi connectivity index (χ0v) is 9.83. The van der Waals surface area contributed by atoms with E-state index in [1.165, 1.54) is 0 Å². The zero-order chi connectivity index (χ0) is 11.4. The standard InChI is InChI=1S/C11H22O3/c1-6-8(14-7-2)9(10(12)13)11(3,4)5/h8-9H,6-7H2,1-5H3,(H,12,13). The van der Waals surface area contributed by atoms with Crippen LogP contribution in [0.4, 0.5) is 0 Å². The summed E-state index contributed by atoms with van der Waals surface area (Å²) in [5.41, 5.74) is -0.262. The molecule has 0 aliphatic heterocycles. The van der Waals surface area contributed by atoms with E-state index < -0.39 is 11.9 Å². The lowest BCUT2D eigenvalue weighted by Crippen LogP contribution is -2.39. The Morgan fingerprint density at radius 3 is 2.07 bits per heavy atom. The number of aliphatic carboxylic acids is 1.